The number of aliphatic hydroxyl groups is 1. The summed E-state index contributed by atoms with van der Waals surface area (Å²) in [7, 11) is 0. The first-order chi connectivity index (χ1) is 12.3. The third-order valence-corrected chi connectivity index (χ3v) is 4.09. The number of nitrogens with one attached hydrogen (secondary N) is 1. The molecule has 0 bridgehead atoms. The number of nitrogens with zero attached hydrogens (tertiary/aromatic N) is 1. The summed E-state index contributed by atoms with van der Waals surface area (Å²) in [6.07, 6.45) is -2.81. The molecule has 0 aliphatic carbocycles. The predicted molar refractivity (Wildman–Crippen MR) is 95.4 cm³/mol. The third kappa shape index (κ3) is 5.22. The number of benzene rings is 1. The van der Waals surface area contributed by atoms with Crippen molar-refractivity contribution >= 4 is 46.9 Å². The van der Waals surface area contributed by atoms with Crippen LogP contribution in [0.2, 0.25) is 15.3 Å². The topological polar surface area (TPSA) is 109 Å². The van der Waals surface area contributed by atoms with Crippen LogP contribution in [0.4, 0.5) is 4.79 Å². The number of halogens is 3. The first-order valence-electron chi connectivity index (χ1n) is 7.19. The summed E-state index contributed by atoms with van der Waals surface area (Å²) < 4.78 is 4.95. The second kappa shape index (κ2) is 9.05. The molecule has 3 N–H and O–H groups in total. The Morgan fingerprint density at radius 3 is 2.42 bits per heavy atom. The van der Waals surface area contributed by atoms with Crippen LogP contribution in [0.1, 0.15) is 17.2 Å². The van der Waals surface area contributed by atoms with E-state index in [0.717, 1.165) is 0 Å². The number of carboxylic acid groups (broad SMARTS) is 1. The zero-order valence-corrected chi connectivity index (χ0v) is 15.3. The fourth-order valence-electron chi connectivity index (χ4n) is 2.06. The molecule has 2 rings (SSSR count). The number of aromatic nitrogens is 1. The number of ether oxygens (including phenoxy) is 1. The molecule has 1 aromatic carbocycles. The van der Waals surface area contributed by atoms with Crippen molar-refractivity contribution in [2.45, 2.75) is 18.8 Å². The minimum atomic E-state index is -1.78. The van der Waals surface area contributed by atoms with E-state index in [2.05, 4.69) is 10.3 Å². The van der Waals surface area contributed by atoms with Gasteiger partial charge in [0.15, 0.2) is 6.04 Å². The van der Waals surface area contributed by atoms with Gasteiger partial charge in [0.2, 0.25) is 0 Å². The highest BCUT2D eigenvalue weighted by molar-refractivity contribution is 6.37. The molecule has 2 aromatic rings. The largest absolute Gasteiger partial charge is 0.480 e. The Morgan fingerprint density at radius 2 is 1.85 bits per heavy atom. The quantitative estimate of drug-likeness (QED) is 0.619. The van der Waals surface area contributed by atoms with Gasteiger partial charge < -0.3 is 20.3 Å². The van der Waals surface area contributed by atoms with E-state index in [1.807, 2.05) is 0 Å². The Bertz CT molecular complexity index is 781. The number of amides is 1. The number of aliphatic hydroxyl groups excluding tert-OH is 1. The number of alkyl carbamates (subject to hydrolysis) is 1. The highest BCUT2D eigenvalue weighted by Crippen LogP contribution is 2.33. The van der Waals surface area contributed by atoms with Gasteiger partial charge in [-0.1, -0.05) is 65.1 Å². The lowest BCUT2D eigenvalue weighted by Gasteiger charge is -2.22. The SMILES string of the molecule is O=C(N[C@@H](C(=O)O)[C@@H](O)c1c(Cl)cc(Cl)nc1Cl)OCc1ccccc1. The molecule has 10 heteroatoms. The van der Waals surface area contributed by atoms with Gasteiger partial charge in [0.05, 0.1) is 5.02 Å². The maximum absolute atomic E-state index is 11.9. The van der Waals surface area contributed by atoms with Crippen molar-refractivity contribution in [1.29, 1.82) is 0 Å². The lowest BCUT2D eigenvalue weighted by molar-refractivity contribution is -0.142. The van der Waals surface area contributed by atoms with E-state index in [4.69, 9.17) is 39.5 Å². The molecule has 0 radical (unpaired) electrons. The van der Waals surface area contributed by atoms with Gasteiger partial charge in [0, 0.05) is 5.56 Å². The molecule has 26 heavy (non-hydrogen) atoms. The van der Waals surface area contributed by atoms with Crippen LogP contribution in [-0.2, 0) is 16.1 Å². The number of rotatable bonds is 6. The van der Waals surface area contributed by atoms with Crippen LogP contribution in [0.5, 0.6) is 0 Å². The molecule has 7 nitrogen and oxygen atoms in total. The molecule has 2 atom stereocenters. The van der Waals surface area contributed by atoms with Gasteiger partial charge in [-0.2, -0.15) is 0 Å². The highest BCUT2D eigenvalue weighted by Gasteiger charge is 2.33. The van der Waals surface area contributed by atoms with Gasteiger partial charge >= 0.3 is 12.1 Å². The normalized spacial score (nSPS) is 12.9. The Kier molecular flexibility index (Phi) is 7.05. The third-order valence-electron chi connectivity index (χ3n) is 3.29. The Morgan fingerprint density at radius 1 is 1.19 bits per heavy atom. The van der Waals surface area contributed by atoms with Crippen LogP contribution < -0.4 is 5.32 Å². The molecule has 0 unspecified atom stereocenters. The fraction of sp³-hybridized carbons (Fsp3) is 0.188. The molecule has 0 saturated heterocycles. The van der Waals surface area contributed by atoms with Crippen LogP contribution in [0.15, 0.2) is 36.4 Å². The average molecular weight is 420 g/mol. The molecule has 0 aliphatic rings. The summed E-state index contributed by atoms with van der Waals surface area (Å²) in [6.45, 7) is -0.0703. The van der Waals surface area contributed by atoms with Gasteiger partial charge in [-0.05, 0) is 11.6 Å². The van der Waals surface area contributed by atoms with Crippen molar-refractivity contribution in [3.05, 3.63) is 62.9 Å². The van der Waals surface area contributed by atoms with E-state index in [1.54, 1.807) is 30.3 Å². The van der Waals surface area contributed by atoms with Crippen LogP contribution in [-0.4, -0.2) is 33.3 Å². The van der Waals surface area contributed by atoms with Crippen molar-refractivity contribution in [3.63, 3.8) is 0 Å². The highest BCUT2D eigenvalue weighted by atomic mass is 35.5. The molecule has 1 aromatic heterocycles. The second-order valence-corrected chi connectivity index (χ2v) is 6.25. The summed E-state index contributed by atoms with van der Waals surface area (Å²) >= 11 is 17.5. The molecule has 0 spiro atoms. The Labute approximate surface area is 163 Å². The Hall–Kier alpha value is -2.06. The molecule has 0 aliphatic heterocycles. The Balaban J connectivity index is 2.11. The molecular weight excluding hydrogens is 407 g/mol. The number of hydrogen-bond acceptors (Lipinski definition) is 5. The average Bonchev–Trinajstić information content (AvgIpc) is 2.57. The number of carbonyl (C=O) groups excluding carboxylic acids is 1. The summed E-state index contributed by atoms with van der Waals surface area (Å²) in [5.41, 5.74) is 0.538. The van der Waals surface area contributed by atoms with Crippen LogP contribution >= 0.6 is 34.8 Å². The van der Waals surface area contributed by atoms with Crippen molar-refractivity contribution in [2.24, 2.45) is 0 Å². The minimum absolute atomic E-state index is 0.0296. The summed E-state index contributed by atoms with van der Waals surface area (Å²) in [5.74, 6) is -1.52. The van der Waals surface area contributed by atoms with E-state index >= 15 is 0 Å². The van der Waals surface area contributed by atoms with Gasteiger partial charge in [0.1, 0.15) is 23.0 Å². The maximum Gasteiger partial charge on any atom is 0.408 e. The van der Waals surface area contributed by atoms with Gasteiger partial charge in [-0.15, -0.1) is 0 Å². The van der Waals surface area contributed by atoms with Crippen molar-refractivity contribution < 1.29 is 24.5 Å². The van der Waals surface area contributed by atoms with E-state index in [1.165, 1.54) is 6.07 Å². The molecule has 1 amide bonds. The maximum atomic E-state index is 11.9. The predicted octanol–water partition coefficient (Wildman–Crippen LogP) is 3.45. The van der Waals surface area contributed by atoms with Crippen molar-refractivity contribution in [1.82, 2.24) is 10.3 Å². The lowest BCUT2D eigenvalue weighted by atomic mass is 10.0. The lowest BCUT2D eigenvalue weighted by Crippen LogP contribution is -2.45. The zero-order chi connectivity index (χ0) is 19.3. The van der Waals surface area contributed by atoms with Crippen molar-refractivity contribution in [3.8, 4) is 0 Å². The van der Waals surface area contributed by atoms with Crippen LogP contribution in [0.3, 0.4) is 0 Å². The van der Waals surface area contributed by atoms with Crippen LogP contribution in [0, 0.1) is 0 Å². The first kappa shape index (κ1) is 20.3. The molecule has 0 saturated carbocycles. The monoisotopic (exact) mass is 418 g/mol. The molecule has 138 valence electrons. The summed E-state index contributed by atoms with van der Waals surface area (Å²) in [4.78, 5) is 27.0. The van der Waals surface area contributed by atoms with E-state index in [9.17, 15) is 19.8 Å². The standard InChI is InChI=1S/C16H13Cl3N2O5/c17-9-6-10(18)20-14(19)11(9)13(22)12(15(23)24)21-16(25)26-7-8-4-2-1-3-5-8/h1-6,12-13,22H,7H2,(H,21,25)(H,23,24)/t12-,13+/m1/s1. The first-order valence-corrected chi connectivity index (χ1v) is 8.32. The number of carboxylic acids is 1. The molecule has 0 fully saturated rings. The van der Waals surface area contributed by atoms with Gasteiger partial charge in [0.25, 0.3) is 0 Å². The van der Waals surface area contributed by atoms with E-state index in [-0.39, 0.29) is 27.5 Å². The summed E-state index contributed by atoms with van der Waals surface area (Å²) in [6, 6.07) is 8.21. The smallest absolute Gasteiger partial charge is 0.408 e. The summed E-state index contributed by atoms with van der Waals surface area (Å²) in [5, 5.41) is 21.3. The number of aliphatic carboxylic acids is 1. The van der Waals surface area contributed by atoms with Gasteiger partial charge in [-0.25, -0.2) is 14.6 Å². The zero-order valence-electron chi connectivity index (χ0n) is 13.0. The number of carbonyl (C=O) groups is 2. The van der Waals surface area contributed by atoms with E-state index < -0.39 is 24.2 Å². The van der Waals surface area contributed by atoms with Crippen LogP contribution in [0.25, 0.3) is 0 Å². The number of pyridine rings is 1. The molecule has 1 heterocycles. The fourth-order valence-corrected chi connectivity index (χ4v) is 3.01. The van der Waals surface area contributed by atoms with E-state index in [0.29, 0.717) is 5.56 Å². The number of hydrogen-bond donors (Lipinski definition) is 3. The minimum Gasteiger partial charge on any atom is -0.480 e. The second-order valence-electron chi connectivity index (χ2n) is 5.10. The van der Waals surface area contributed by atoms with Crippen molar-refractivity contribution in [2.75, 3.05) is 0 Å². The van der Waals surface area contributed by atoms with Gasteiger partial charge in [-0.3, -0.25) is 0 Å². The molecular formula is C16H13Cl3N2O5.